The molecule has 0 spiro atoms. The molecule has 0 amide bonds. The van der Waals surface area contributed by atoms with Crippen LogP contribution in [0.15, 0.2) is 18.2 Å². The average molecular weight is 223 g/mol. The molecule has 1 atom stereocenters. The minimum absolute atomic E-state index is 0.0145. The van der Waals surface area contributed by atoms with E-state index < -0.39 is 10.9 Å². The molecular weight excluding hydrogens is 210 g/mol. The lowest BCUT2D eigenvalue weighted by molar-refractivity contribution is -0.385. The fourth-order valence-corrected chi connectivity index (χ4v) is 1.47. The largest absolute Gasteiger partial charge is 0.478 e. The number of aromatic carboxylic acids is 1. The van der Waals surface area contributed by atoms with Gasteiger partial charge in [0, 0.05) is 11.6 Å². The van der Waals surface area contributed by atoms with Crippen molar-refractivity contribution in [3.63, 3.8) is 0 Å². The molecule has 0 aromatic heterocycles. The number of carboxylic acids is 1. The first kappa shape index (κ1) is 12.2. The zero-order chi connectivity index (χ0) is 12.3. The molecule has 0 aliphatic rings. The molecule has 16 heavy (non-hydrogen) atoms. The van der Waals surface area contributed by atoms with E-state index >= 15 is 0 Å². The Morgan fingerprint density at radius 3 is 2.62 bits per heavy atom. The summed E-state index contributed by atoms with van der Waals surface area (Å²) in [6, 6.07) is 3.89. The van der Waals surface area contributed by atoms with Gasteiger partial charge in [-0.1, -0.05) is 13.8 Å². The van der Waals surface area contributed by atoms with Gasteiger partial charge in [-0.05, 0) is 24.5 Å². The summed E-state index contributed by atoms with van der Waals surface area (Å²) < 4.78 is 0. The molecule has 5 nitrogen and oxygen atoms in total. The monoisotopic (exact) mass is 223 g/mol. The van der Waals surface area contributed by atoms with Crippen molar-refractivity contribution in [3.8, 4) is 0 Å². The third-order valence-electron chi connectivity index (χ3n) is 2.61. The van der Waals surface area contributed by atoms with Crippen LogP contribution >= 0.6 is 0 Å². The number of nitro groups is 1. The lowest BCUT2D eigenvalue weighted by atomic mass is 9.95. The fraction of sp³-hybridized carbons (Fsp3) is 0.364. The normalized spacial score (nSPS) is 12.1. The van der Waals surface area contributed by atoms with Crippen molar-refractivity contribution < 1.29 is 14.8 Å². The van der Waals surface area contributed by atoms with Gasteiger partial charge >= 0.3 is 5.97 Å². The van der Waals surface area contributed by atoms with Gasteiger partial charge in [-0.3, -0.25) is 10.1 Å². The first-order valence-corrected chi connectivity index (χ1v) is 4.99. The minimum Gasteiger partial charge on any atom is -0.478 e. The topological polar surface area (TPSA) is 80.4 Å². The van der Waals surface area contributed by atoms with Crippen LogP contribution in [0.1, 0.15) is 42.1 Å². The second kappa shape index (κ2) is 4.74. The molecule has 5 heteroatoms. The van der Waals surface area contributed by atoms with Gasteiger partial charge in [-0.15, -0.1) is 0 Å². The van der Waals surface area contributed by atoms with Crippen molar-refractivity contribution in [3.05, 3.63) is 39.4 Å². The first-order chi connectivity index (χ1) is 7.47. The van der Waals surface area contributed by atoms with Gasteiger partial charge < -0.3 is 5.11 Å². The molecule has 0 fully saturated rings. The average Bonchev–Trinajstić information content (AvgIpc) is 2.26. The van der Waals surface area contributed by atoms with Crippen LogP contribution in [0.5, 0.6) is 0 Å². The van der Waals surface area contributed by atoms with Gasteiger partial charge in [0.15, 0.2) is 0 Å². The smallest absolute Gasteiger partial charge is 0.335 e. The highest BCUT2D eigenvalue weighted by molar-refractivity contribution is 5.88. The van der Waals surface area contributed by atoms with Crippen molar-refractivity contribution >= 4 is 11.7 Å². The molecule has 1 rings (SSSR count). The quantitative estimate of drug-likeness (QED) is 0.628. The summed E-state index contributed by atoms with van der Waals surface area (Å²) in [5.74, 6) is -1.10. The van der Waals surface area contributed by atoms with E-state index in [0.717, 1.165) is 6.42 Å². The van der Waals surface area contributed by atoms with Gasteiger partial charge in [0.1, 0.15) is 0 Å². The van der Waals surface area contributed by atoms with Crippen molar-refractivity contribution in [2.75, 3.05) is 0 Å². The molecule has 86 valence electrons. The van der Waals surface area contributed by atoms with Crippen LogP contribution in [-0.2, 0) is 0 Å². The Kier molecular flexibility index (Phi) is 3.60. The Bertz CT molecular complexity index is 428. The molecule has 0 heterocycles. The van der Waals surface area contributed by atoms with Crippen LogP contribution in [0.2, 0.25) is 0 Å². The lowest BCUT2D eigenvalue weighted by Gasteiger charge is -2.10. The Hall–Kier alpha value is -1.91. The van der Waals surface area contributed by atoms with Gasteiger partial charge in [-0.2, -0.15) is 0 Å². The number of benzene rings is 1. The zero-order valence-corrected chi connectivity index (χ0v) is 9.14. The molecule has 1 aromatic carbocycles. The van der Waals surface area contributed by atoms with E-state index in [1.54, 1.807) is 0 Å². The number of nitrogens with zero attached hydrogens (tertiary/aromatic N) is 1. The highest BCUT2D eigenvalue weighted by atomic mass is 16.6. The third-order valence-corrected chi connectivity index (χ3v) is 2.61. The Morgan fingerprint density at radius 2 is 2.19 bits per heavy atom. The molecule has 1 N–H and O–H groups in total. The van der Waals surface area contributed by atoms with Crippen LogP contribution in [0.3, 0.4) is 0 Å². The SMILES string of the molecule is CCC(C)c1cc(C(=O)O)ccc1[N+](=O)[O-]. The minimum atomic E-state index is -1.07. The number of hydrogen-bond donors (Lipinski definition) is 1. The number of hydrogen-bond acceptors (Lipinski definition) is 3. The zero-order valence-electron chi connectivity index (χ0n) is 9.14. The molecule has 0 aliphatic carbocycles. The standard InChI is InChI=1S/C11H13NO4/c1-3-7(2)9-6-8(11(13)14)4-5-10(9)12(15)16/h4-7H,3H2,1-2H3,(H,13,14). The van der Waals surface area contributed by atoms with E-state index in [4.69, 9.17) is 5.11 Å². The summed E-state index contributed by atoms with van der Waals surface area (Å²) in [6.45, 7) is 3.75. The summed E-state index contributed by atoms with van der Waals surface area (Å²) in [7, 11) is 0. The van der Waals surface area contributed by atoms with Crippen molar-refractivity contribution in [2.24, 2.45) is 0 Å². The number of carboxylic acid groups (broad SMARTS) is 1. The fourth-order valence-electron chi connectivity index (χ4n) is 1.47. The highest BCUT2D eigenvalue weighted by Gasteiger charge is 2.19. The molecule has 0 bridgehead atoms. The van der Waals surface area contributed by atoms with Gasteiger partial charge in [0.05, 0.1) is 10.5 Å². The van der Waals surface area contributed by atoms with Crippen LogP contribution in [-0.4, -0.2) is 16.0 Å². The summed E-state index contributed by atoms with van der Waals surface area (Å²) in [6.07, 6.45) is 0.726. The highest BCUT2D eigenvalue weighted by Crippen LogP contribution is 2.29. The Morgan fingerprint density at radius 1 is 1.56 bits per heavy atom. The van der Waals surface area contributed by atoms with E-state index in [1.807, 2.05) is 13.8 Å². The Balaban J connectivity index is 3.32. The van der Waals surface area contributed by atoms with Crippen molar-refractivity contribution in [2.45, 2.75) is 26.2 Å². The molecule has 0 aliphatic heterocycles. The maximum Gasteiger partial charge on any atom is 0.335 e. The Labute approximate surface area is 92.9 Å². The number of rotatable bonds is 4. The van der Waals surface area contributed by atoms with E-state index in [0.29, 0.717) is 5.56 Å². The van der Waals surface area contributed by atoms with Crippen LogP contribution < -0.4 is 0 Å². The van der Waals surface area contributed by atoms with Crippen molar-refractivity contribution in [1.82, 2.24) is 0 Å². The second-order valence-electron chi connectivity index (χ2n) is 3.65. The van der Waals surface area contributed by atoms with Crippen LogP contribution in [0, 0.1) is 10.1 Å². The van der Waals surface area contributed by atoms with E-state index in [-0.39, 0.29) is 17.2 Å². The third kappa shape index (κ3) is 2.36. The molecule has 0 saturated carbocycles. The lowest BCUT2D eigenvalue weighted by Crippen LogP contribution is -2.03. The first-order valence-electron chi connectivity index (χ1n) is 4.99. The van der Waals surface area contributed by atoms with Crippen LogP contribution in [0.25, 0.3) is 0 Å². The maximum atomic E-state index is 10.8. The molecule has 0 radical (unpaired) electrons. The van der Waals surface area contributed by atoms with Gasteiger partial charge in [0.25, 0.3) is 5.69 Å². The molecule has 1 aromatic rings. The van der Waals surface area contributed by atoms with Gasteiger partial charge in [-0.25, -0.2) is 4.79 Å². The van der Waals surface area contributed by atoms with E-state index in [1.165, 1.54) is 18.2 Å². The van der Waals surface area contributed by atoms with Crippen molar-refractivity contribution in [1.29, 1.82) is 0 Å². The number of carbonyl (C=O) groups is 1. The van der Waals surface area contributed by atoms with Crippen LogP contribution in [0.4, 0.5) is 5.69 Å². The molecule has 0 saturated heterocycles. The molecular formula is C11H13NO4. The summed E-state index contributed by atoms with van der Waals surface area (Å²) >= 11 is 0. The van der Waals surface area contributed by atoms with E-state index in [9.17, 15) is 14.9 Å². The predicted octanol–water partition coefficient (Wildman–Crippen LogP) is 2.81. The summed E-state index contributed by atoms with van der Waals surface area (Å²) in [4.78, 5) is 21.1. The summed E-state index contributed by atoms with van der Waals surface area (Å²) in [5, 5.41) is 19.6. The number of nitro benzene ring substituents is 1. The maximum absolute atomic E-state index is 10.8. The van der Waals surface area contributed by atoms with E-state index in [2.05, 4.69) is 0 Å². The summed E-state index contributed by atoms with van der Waals surface area (Å²) in [5.41, 5.74) is 0.549. The van der Waals surface area contributed by atoms with Gasteiger partial charge in [0.2, 0.25) is 0 Å². The predicted molar refractivity (Wildman–Crippen MR) is 58.8 cm³/mol. The molecule has 1 unspecified atom stereocenters. The second-order valence-corrected chi connectivity index (χ2v) is 3.65.